The number of hydrogen-bond donors (Lipinski definition) is 0. The number of para-hydroxylation sites is 3. The summed E-state index contributed by atoms with van der Waals surface area (Å²) in [5.41, 5.74) is 16.9. The highest BCUT2D eigenvalue weighted by molar-refractivity contribution is 6.12. The molecule has 0 amide bonds. The lowest BCUT2D eigenvalue weighted by Crippen LogP contribution is -2.29. The molecule has 13 rings (SSSR count). The third-order valence-corrected chi connectivity index (χ3v) is 12.9. The van der Waals surface area contributed by atoms with Crippen molar-refractivity contribution in [3.8, 4) is 33.8 Å². The molecule has 2 heterocycles. The molecule has 9 aromatic rings. The fraction of sp³-hybridized carbons (Fsp3) is 0.0545. The summed E-state index contributed by atoms with van der Waals surface area (Å²) < 4.78 is 20.7. The second-order valence-electron chi connectivity index (χ2n) is 15.8. The molecule has 59 heavy (non-hydrogen) atoms. The van der Waals surface area contributed by atoms with Gasteiger partial charge in [0.15, 0.2) is 17.3 Å². The number of fused-ring (bicyclic) bond motifs is 14. The quantitative estimate of drug-likeness (QED) is 0.179. The topological polar surface area (TPSA) is 34.8 Å². The Morgan fingerprint density at radius 3 is 1.92 bits per heavy atom. The molecule has 0 radical (unpaired) electrons. The van der Waals surface area contributed by atoms with E-state index in [1.54, 1.807) is 0 Å². The van der Waals surface area contributed by atoms with E-state index >= 15 is 0 Å². The standard InChI is InChI=1S/C55H35NO3/c1-2-16-35(17-3-1)56(36-18-12-15-34(33-36)37-23-13-29-48-51(37)41-22-7-11-28-47(41)57-48)46-27-14-30-49-53(46)58-50-32-31-45-52(54(50)59-49)40-21-6-10-26-44(40)55(45)42-24-8-4-19-38(42)39-20-5-9-25-43(39)55/h1-30,33H,31-32H2. The Bertz CT molecular complexity index is 3250. The zero-order valence-corrected chi connectivity index (χ0v) is 32.0. The molecule has 0 saturated carbocycles. The zero-order chi connectivity index (χ0) is 38.7. The Morgan fingerprint density at radius 1 is 0.475 bits per heavy atom. The predicted octanol–water partition coefficient (Wildman–Crippen LogP) is 14.3. The first-order valence-electron chi connectivity index (χ1n) is 20.4. The molecule has 0 N–H and O–H groups in total. The summed E-state index contributed by atoms with van der Waals surface area (Å²) in [6.07, 6.45) is 1.58. The third-order valence-electron chi connectivity index (χ3n) is 12.9. The van der Waals surface area contributed by atoms with Gasteiger partial charge in [-0.05, 0) is 105 Å². The van der Waals surface area contributed by atoms with Crippen molar-refractivity contribution < 1.29 is 13.9 Å². The highest BCUT2D eigenvalue weighted by atomic mass is 16.6. The van der Waals surface area contributed by atoms with E-state index in [4.69, 9.17) is 13.9 Å². The average Bonchev–Trinajstić information content (AvgIpc) is 3.93. The van der Waals surface area contributed by atoms with E-state index in [1.165, 1.54) is 39.0 Å². The molecule has 4 heteroatoms. The number of allylic oxidation sites excluding steroid dienone is 3. The lowest BCUT2D eigenvalue weighted by Gasteiger charge is -2.36. The first-order valence-corrected chi connectivity index (χ1v) is 20.4. The molecule has 1 aromatic heterocycles. The van der Waals surface area contributed by atoms with Crippen molar-refractivity contribution in [1.29, 1.82) is 0 Å². The van der Waals surface area contributed by atoms with E-state index < -0.39 is 0 Å². The molecule has 1 spiro atoms. The SMILES string of the molecule is c1ccc(N(c2cccc(-c3cccc4oc5ccccc5c34)c2)c2cccc3c2OC2=C(O3)C3=C(CC2)C2(c4ccccc43)c3ccccc3-c3ccccc32)cc1. The largest absolute Gasteiger partial charge is 0.456 e. The molecule has 0 saturated heterocycles. The molecular weight excluding hydrogens is 723 g/mol. The van der Waals surface area contributed by atoms with Crippen LogP contribution in [0.3, 0.4) is 0 Å². The van der Waals surface area contributed by atoms with Gasteiger partial charge in [0.05, 0.1) is 11.1 Å². The lowest BCUT2D eigenvalue weighted by atomic mass is 9.68. The average molecular weight is 758 g/mol. The smallest absolute Gasteiger partial charge is 0.193 e. The van der Waals surface area contributed by atoms with Gasteiger partial charge in [-0.2, -0.15) is 0 Å². The summed E-state index contributed by atoms with van der Waals surface area (Å²) in [7, 11) is 0. The summed E-state index contributed by atoms with van der Waals surface area (Å²) in [5.74, 6) is 3.11. The van der Waals surface area contributed by atoms with Gasteiger partial charge in [-0.25, -0.2) is 0 Å². The summed E-state index contributed by atoms with van der Waals surface area (Å²) >= 11 is 0. The second-order valence-corrected chi connectivity index (χ2v) is 15.8. The van der Waals surface area contributed by atoms with Gasteiger partial charge in [0.2, 0.25) is 0 Å². The Labute approximate surface area is 341 Å². The van der Waals surface area contributed by atoms with Crippen LogP contribution in [0.5, 0.6) is 11.5 Å². The van der Waals surface area contributed by atoms with Crippen LogP contribution >= 0.6 is 0 Å². The minimum absolute atomic E-state index is 0.384. The van der Waals surface area contributed by atoms with E-state index in [0.29, 0.717) is 11.5 Å². The van der Waals surface area contributed by atoms with Crippen LogP contribution in [-0.4, -0.2) is 0 Å². The predicted molar refractivity (Wildman–Crippen MR) is 236 cm³/mol. The molecule has 0 bridgehead atoms. The summed E-state index contributed by atoms with van der Waals surface area (Å²) in [6, 6.07) is 67.0. The maximum atomic E-state index is 7.18. The molecule has 0 fully saturated rings. The summed E-state index contributed by atoms with van der Waals surface area (Å²) in [6.45, 7) is 0. The normalized spacial score (nSPS) is 15.3. The highest BCUT2D eigenvalue weighted by Crippen LogP contribution is 2.65. The van der Waals surface area contributed by atoms with Crippen molar-refractivity contribution >= 4 is 44.6 Å². The van der Waals surface area contributed by atoms with Crippen LogP contribution in [0.25, 0.3) is 49.8 Å². The van der Waals surface area contributed by atoms with Gasteiger partial charge in [0, 0.05) is 34.1 Å². The van der Waals surface area contributed by atoms with Gasteiger partial charge in [0.25, 0.3) is 0 Å². The number of anilines is 3. The highest BCUT2D eigenvalue weighted by Gasteiger charge is 2.55. The molecule has 278 valence electrons. The van der Waals surface area contributed by atoms with E-state index in [2.05, 4.69) is 175 Å². The number of benzene rings is 8. The van der Waals surface area contributed by atoms with Gasteiger partial charge >= 0.3 is 0 Å². The van der Waals surface area contributed by atoms with Crippen molar-refractivity contribution in [1.82, 2.24) is 0 Å². The van der Waals surface area contributed by atoms with E-state index in [0.717, 1.165) is 80.1 Å². The second kappa shape index (κ2) is 12.2. The lowest BCUT2D eigenvalue weighted by molar-refractivity contribution is 0.292. The first kappa shape index (κ1) is 32.5. The molecule has 3 aliphatic carbocycles. The molecule has 0 unspecified atom stereocenters. The van der Waals surface area contributed by atoms with Gasteiger partial charge < -0.3 is 18.8 Å². The van der Waals surface area contributed by atoms with Gasteiger partial charge in [-0.1, -0.05) is 140 Å². The fourth-order valence-corrected chi connectivity index (χ4v) is 10.6. The molecule has 0 atom stereocenters. The molecule has 1 aliphatic heterocycles. The van der Waals surface area contributed by atoms with Crippen LogP contribution in [0.1, 0.15) is 35.1 Å². The van der Waals surface area contributed by atoms with Crippen molar-refractivity contribution in [2.45, 2.75) is 18.3 Å². The summed E-state index contributed by atoms with van der Waals surface area (Å²) in [4.78, 5) is 2.28. The third kappa shape index (κ3) is 4.43. The Hall–Kier alpha value is -7.56. The Kier molecular flexibility index (Phi) is 6.74. The van der Waals surface area contributed by atoms with Crippen molar-refractivity contribution in [3.05, 3.63) is 227 Å². The maximum absolute atomic E-state index is 7.18. The Balaban J connectivity index is 0.963. The number of nitrogens with zero attached hydrogens (tertiary/aromatic N) is 1. The number of furan rings is 1. The minimum Gasteiger partial charge on any atom is -0.456 e. The van der Waals surface area contributed by atoms with Gasteiger partial charge in [-0.15, -0.1) is 0 Å². The number of hydrogen-bond acceptors (Lipinski definition) is 4. The molecule has 8 aromatic carbocycles. The van der Waals surface area contributed by atoms with Crippen LogP contribution in [0, 0.1) is 0 Å². The van der Waals surface area contributed by atoms with Crippen LogP contribution in [0.4, 0.5) is 17.1 Å². The van der Waals surface area contributed by atoms with Crippen LogP contribution in [0.2, 0.25) is 0 Å². The first-order chi connectivity index (χ1) is 29.3. The van der Waals surface area contributed by atoms with Crippen LogP contribution < -0.4 is 14.4 Å². The van der Waals surface area contributed by atoms with Gasteiger partial charge in [0.1, 0.15) is 16.9 Å². The van der Waals surface area contributed by atoms with Gasteiger partial charge in [-0.3, -0.25) is 0 Å². The van der Waals surface area contributed by atoms with E-state index in [9.17, 15) is 0 Å². The molecule has 4 aliphatic rings. The summed E-state index contributed by atoms with van der Waals surface area (Å²) in [5, 5.41) is 2.23. The van der Waals surface area contributed by atoms with E-state index in [-0.39, 0.29) is 5.41 Å². The number of ether oxygens (including phenoxy) is 2. The van der Waals surface area contributed by atoms with Crippen LogP contribution in [0.15, 0.2) is 210 Å². The molecule has 4 nitrogen and oxygen atoms in total. The number of rotatable bonds is 4. The fourth-order valence-electron chi connectivity index (χ4n) is 10.6. The maximum Gasteiger partial charge on any atom is 0.193 e. The van der Waals surface area contributed by atoms with Crippen molar-refractivity contribution in [2.24, 2.45) is 0 Å². The Morgan fingerprint density at radius 2 is 1.10 bits per heavy atom. The monoisotopic (exact) mass is 757 g/mol. The molecular formula is C55H35NO3. The van der Waals surface area contributed by atoms with E-state index in [1.807, 2.05) is 18.2 Å². The van der Waals surface area contributed by atoms with Crippen molar-refractivity contribution in [2.75, 3.05) is 4.90 Å². The zero-order valence-electron chi connectivity index (χ0n) is 32.0. The minimum atomic E-state index is -0.384. The van der Waals surface area contributed by atoms with Crippen molar-refractivity contribution in [3.63, 3.8) is 0 Å². The van der Waals surface area contributed by atoms with Crippen LogP contribution in [-0.2, 0) is 5.41 Å².